The summed E-state index contributed by atoms with van der Waals surface area (Å²) in [6.07, 6.45) is 3.71. The first-order chi connectivity index (χ1) is 14.2. The van der Waals surface area contributed by atoms with Gasteiger partial charge in [0.25, 0.3) is 0 Å². The summed E-state index contributed by atoms with van der Waals surface area (Å²) in [7, 11) is 0. The zero-order chi connectivity index (χ0) is 20.5. The van der Waals surface area contributed by atoms with Crippen molar-refractivity contribution in [2.45, 2.75) is 52.3 Å². The first kappa shape index (κ1) is 21.0. The number of rotatable bonds is 8. The molecule has 1 aliphatic heterocycles. The highest BCUT2D eigenvalue weighted by molar-refractivity contribution is 5.80. The van der Waals surface area contributed by atoms with Crippen molar-refractivity contribution in [2.24, 2.45) is 4.99 Å². The highest BCUT2D eigenvalue weighted by Crippen LogP contribution is 2.17. The van der Waals surface area contributed by atoms with Crippen LogP contribution < -0.4 is 15.5 Å². The van der Waals surface area contributed by atoms with E-state index in [9.17, 15) is 0 Å². The minimum Gasteiger partial charge on any atom is -0.371 e. The van der Waals surface area contributed by atoms with Crippen LogP contribution in [-0.4, -0.2) is 53.4 Å². The average molecular weight is 402 g/mol. The van der Waals surface area contributed by atoms with Gasteiger partial charge in [0.15, 0.2) is 11.8 Å². The molecule has 1 aliphatic rings. The van der Waals surface area contributed by atoms with Crippen molar-refractivity contribution >= 4 is 11.8 Å². The molecule has 2 aromatic rings. The van der Waals surface area contributed by atoms with Crippen molar-refractivity contribution in [3.63, 3.8) is 0 Å². The molecule has 2 aromatic heterocycles. The average Bonchev–Trinajstić information content (AvgIpc) is 3.23. The van der Waals surface area contributed by atoms with Crippen LogP contribution in [0.4, 0.5) is 5.82 Å². The Morgan fingerprint density at radius 1 is 1.34 bits per heavy atom. The fraction of sp³-hybridized carbons (Fsp3) is 0.600. The maximum Gasteiger partial charge on any atom is 0.248 e. The molecule has 0 aliphatic carbocycles. The Morgan fingerprint density at radius 3 is 2.86 bits per heavy atom. The summed E-state index contributed by atoms with van der Waals surface area (Å²) >= 11 is 0. The molecule has 0 bridgehead atoms. The Balaban J connectivity index is 1.52. The van der Waals surface area contributed by atoms with Crippen molar-refractivity contribution in [2.75, 3.05) is 31.1 Å². The van der Waals surface area contributed by atoms with Gasteiger partial charge in [0.2, 0.25) is 5.89 Å². The molecule has 9 heteroatoms. The number of piperidine rings is 1. The monoisotopic (exact) mass is 401 g/mol. The quantitative estimate of drug-likeness (QED) is 0.513. The summed E-state index contributed by atoms with van der Waals surface area (Å²) in [5.74, 6) is 2.84. The third-order valence-corrected chi connectivity index (χ3v) is 4.79. The SMILES string of the molecule is CCNC(=NCc1nc(C(C)OCC)no1)NC1CCN(c2ccccn2)CC1. The van der Waals surface area contributed by atoms with E-state index in [-0.39, 0.29) is 6.10 Å². The summed E-state index contributed by atoms with van der Waals surface area (Å²) in [6, 6.07) is 6.40. The van der Waals surface area contributed by atoms with Crippen molar-refractivity contribution in [3.05, 3.63) is 36.1 Å². The minimum atomic E-state index is -0.183. The summed E-state index contributed by atoms with van der Waals surface area (Å²) in [5.41, 5.74) is 0. The Morgan fingerprint density at radius 2 is 2.17 bits per heavy atom. The molecule has 1 saturated heterocycles. The molecule has 9 nitrogen and oxygen atoms in total. The zero-order valence-electron chi connectivity index (χ0n) is 17.5. The Hall–Kier alpha value is -2.68. The normalized spacial score (nSPS) is 16.7. The molecule has 3 heterocycles. The molecule has 0 radical (unpaired) electrons. The van der Waals surface area contributed by atoms with E-state index in [2.05, 4.69) is 48.6 Å². The van der Waals surface area contributed by atoms with Crippen molar-refractivity contribution in [1.82, 2.24) is 25.8 Å². The summed E-state index contributed by atoms with van der Waals surface area (Å²) in [4.78, 5) is 15.7. The van der Waals surface area contributed by atoms with Gasteiger partial charge in [-0.25, -0.2) is 9.98 Å². The number of aromatic nitrogens is 3. The van der Waals surface area contributed by atoms with E-state index in [1.165, 1.54) is 0 Å². The lowest BCUT2D eigenvalue weighted by Crippen LogP contribution is -2.48. The first-order valence-corrected chi connectivity index (χ1v) is 10.3. The fourth-order valence-electron chi connectivity index (χ4n) is 3.28. The lowest BCUT2D eigenvalue weighted by Gasteiger charge is -2.33. The second-order valence-electron chi connectivity index (χ2n) is 6.93. The van der Waals surface area contributed by atoms with Gasteiger partial charge in [-0.3, -0.25) is 0 Å². The van der Waals surface area contributed by atoms with Gasteiger partial charge in [-0.1, -0.05) is 11.2 Å². The van der Waals surface area contributed by atoms with Gasteiger partial charge in [-0.2, -0.15) is 4.98 Å². The van der Waals surface area contributed by atoms with Gasteiger partial charge in [0.05, 0.1) is 0 Å². The Bertz CT molecular complexity index is 757. The molecule has 158 valence electrons. The van der Waals surface area contributed by atoms with Crippen LogP contribution in [0.2, 0.25) is 0 Å². The second kappa shape index (κ2) is 10.8. The molecule has 0 aromatic carbocycles. The smallest absolute Gasteiger partial charge is 0.248 e. The van der Waals surface area contributed by atoms with Crippen LogP contribution in [0.1, 0.15) is 51.4 Å². The number of hydrogen-bond donors (Lipinski definition) is 2. The standard InChI is InChI=1S/C20H31N7O2/c1-4-21-20(23-14-18-25-19(26-29-18)15(3)28-5-2)24-16-9-12-27(13-10-16)17-8-6-7-11-22-17/h6-8,11,15-16H,4-5,9-10,12-14H2,1-3H3,(H2,21,23,24). The van der Waals surface area contributed by atoms with Gasteiger partial charge in [0.1, 0.15) is 18.5 Å². The second-order valence-corrected chi connectivity index (χ2v) is 6.93. The van der Waals surface area contributed by atoms with Gasteiger partial charge >= 0.3 is 0 Å². The topological polar surface area (TPSA) is 101 Å². The van der Waals surface area contributed by atoms with Crippen LogP contribution in [0.3, 0.4) is 0 Å². The number of hydrogen-bond acceptors (Lipinski definition) is 7. The Labute approximate surface area is 171 Å². The predicted molar refractivity (Wildman–Crippen MR) is 112 cm³/mol. The number of nitrogens with zero attached hydrogens (tertiary/aromatic N) is 5. The number of anilines is 1. The first-order valence-electron chi connectivity index (χ1n) is 10.3. The number of pyridine rings is 1. The summed E-state index contributed by atoms with van der Waals surface area (Å²) < 4.78 is 10.8. The maximum atomic E-state index is 5.49. The minimum absolute atomic E-state index is 0.183. The van der Waals surface area contributed by atoms with Crippen LogP contribution in [0, 0.1) is 0 Å². The molecular weight excluding hydrogens is 370 g/mol. The number of guanidine groups is 1. The van der Waals surface area contributed by atoms with E-state index in [0.29, 0.717) is 30.9 Å². The van der Waals surface area contributed by atoms with Gasteiger partial charge in [0, 0.05) is 38.5 Å². The molecule has 0 spiro atoms. The van der Waals surface area contributed by atoms with Gasteiger partial charge < -0.3 is 24.8 Å². The van der Waals surface area contributed by atoms with E-state index in [1.54, 1.807) is 0 Å². The van der Waals surface area contributed by atoms with Gasteiger partial charge in [-0.15, -0.1) is 0 Å². The molecule has 29 heavy (non-hydrogen) atoms. The molecule has 1 unspecified atom stereocenters. The predicted octanol–water partition coefficient (Wildman–Crippen LogP) is 2.29. The third kappa shape index (κ3) is 6.15. The summed E-state index contributed by atoms with van der Waals surface area (Å²) in [5, 5.41) is 10.8. The van der Waals surface area contributed by atoms with Crippen LogP contribution >= 0.6 is 0 Å². The van der Waals surface area contributed by atoms with Crippen LogP contribution in [0.25, 0.3) is 0 Å². The lowest BCUT2D eigenvalue weighted by atomic mass is 10.1. The third-order valence-electron chi connectivity index (χ3n) is 4.79. The fourth-order valence-corrected chi connectivity index (χ4v) is 3.28. The zero-order valence-corrected chi connectivity index (χ0v) is 17.5. The highest BCUT2D eigenvalue weighted by atomic mass is 16.5. The molecule has 1 atom stereocenters. The lowest BCUT2D eigenvalue weighted by molar-refractivity contribution is 0.0683. The Kier molecular flexibility index (Phi) is 7.80. The molecule has 0 amide bonds. The number of ether oxygens (including phenoxy) is 1. The van der Waals surface area contributed by atoms with Crippen LogP contribution in [0.5, 0.6) is 0 Å². The number of aliphatic imine (C=N–C) groups is 1. The van der Waals surface area contributed by atoms with E-state index in [4.69, 9.17) is 9.26 Å². The molecule has 2 N–H and O–H groups in total. The van der Waals surface area contributed by atoms with Crippen LogP contribution in [0.15, 0.2) is 33.9 Å². The largest absolute Gasteiger partial charge is 0.371 e. The maximum absolute atomic E-state index is 5.49. The van der Waals surface area contributed by atoms with Crippen molar-refractivity contribution in [1.29, 1.82) is 0 Å². The molecule has 3 rings (SSSR count). The summed E-state index contributed by atoms with van der Waals surface area (Å²) in [6.45, 7) is 9.56. The highest BCUT2D eigenvalue weighted by Gasteiger charge is 2.21. The van der Waals surface area contributed by atoms with Crippen molar-refractivity contribution < 1.29 is 9.26 Å². The van der Waals surface area contributed by atoms with Crippen LogP contribution in [-0.2, 0) is 11.3 Å². The van der Waals surface area contributed by atoms with E-state index in [0.717, 1.165) is 44.3 Å². The van der Waals surface area contributed by atoms with Crippen molar-refractivity contribution in [3.8, 4) is 0 Å². The van der Waals surface area contributed by atoms with Gasteiger partial charge in [-0.05, 0) is 45.7 Å². The molecule has 1 fully saturated rings. The number of nitrogens with one attached hydrogen (secondary N) is 2. The molecule has 0 saturated carbocycles. The molecular formula is C20H31N7O2. The van der Waals surface area contributed by atoms with E-state index >= 15 is 0 Å². The van der Waals surface area contributed by atoms with E-state index in [1.807, 2.05) is 32.2 Å². The van der Waals surface area contributed by atoms with E-state index < -0.39 is 0 Å².